The number of carbonyl (C=O) groups is 1. The van der Waals surface area contributed by atoms with E-state index in [1.807, 2.05) is 0 Å². The minimum absolute atomic E-state index is 0.201. The Kier molecular flexibility index (Phi) is 21.4. The maximum Gasteiger partial charge on any atom is 0.222 e. The van der Waals surface area contributed by atoms with Crippen molar-refractivity contribution in [2.24, 2.45) is 0 Å². The molecule has 0 aliphatic heterocycles. The predicted octanol–water partition coefficient (Wildman–Crippen LogP) is 8.99. The van der Waals surface area contributed by atoms with Gasteiger partial charge in [-0.2, -0.15) is 0 Å². The number of carbonyl (C=O) groups excluding carboxylic acids is 1. The molecule has 0 bridgehead atoms. The SMILES string of the molecule is CCCCCCC/C=C\C/C=C\CCCCCC(=O)N(CCCCN(C)C)CCO[Si](C)(C)C(C)(C)C. The Morgan fingerprint density at radius 2 is 1.32 bits per heavy atom. The van der Waals surface area contributed by atoms with Gasteiger partial charge >= 0.3 is 0 Å². The molecular formula is C32H64N2O2Si. The van der Waals surface area contributed by atoms with Crippen LogP contribution in [-0.4, -0.2) is 64.4 Å². The van der Waals surface area contributed by atoms with Crippen LogP contribution in [0.2, 0.25) is 18.1 Å². The van der Waals surface area contributed by atoms with E-state index in [1.165, 1.54) is 44.9 Å². The maximum atomic E-state index is 13.0. The molecule has 4 nitrogen and oxygen atoms in total. The number of rotatable bonds is 23. The Morgan fingerprint density at radius 3 is 1.89 bits per heavy atom. The van der Waals surface area contributed by atoms with Crippen molar-refractivity contribution in [3.05, 3.63) is 24.3 Å². The minimum Gasteiger partial charge on any atom is -0.415 e. The van der Waals surface area contributed by atoms with Crippen molar-refractivity contribution in [2.75, 3.05) is 40.3 Å². The van der Waals surface area contributed by atoms with E-state index >= 15 is 0 Å². The lowest BCUT2D eigenvalue weighted by atomic mass is 10.1. The summed E-state index contributed by atoms with van der Waals surface area (Å²) in [4.78, 5) is 17.3. The van der Waals surface area contributed by atoms with E-state index in [2.05, 4.69) is 89.0 Å². The molecule has 0 heterocycles. The summed E-state index contributed by atoms with van der Waals surface area (Å²) in [6.45, 7) is 17.0. The van der Waals surface area contributed by atoms with Gasteiger partial charge in [0.1, 0.15) is 0 Å². The number of hydrogen-bond donors (Lipinski definition) is 0. The molecule has 37 heavy (non-hydrogen) atoms. The Morgan fingerprint density at radius 1 is 0.757 bits per heavy atom. The first-order valence-corrected chi connectivity index (χ1v) is 18.3. The molecule has 0 unspecified atom stereocenters. The van der Waals surface area contributed by atoms with E-state index in [0.29, 0.717) is 18.9 Å². The van der Waals surface area contributed by atoms with Crippen molar-refractivity contribution in [1.82, 2.24) is 9.80 Å². The van der Waals surface area contributed by atoms with Crippen LogP contribution >= 0.6 is 0 Å². The Bertz CT molecular complexity index is 608. The van der Waals surface area contributed by atoms with E-state index in [9.17, 15) is 4.79 Å². The van der Waals surface area contributed by atoms with Gasteiger partial charge in [-0.25, -0.2) is 0 Å². The first kappa shape index (κ1) is 36.1. The van der Waals surface area contributed by atoms with Crippen LogP contribution in [0.1, 0.15) is 118 Å². The molecule has 0 saturated carbocycles. The van der Waals surface area contributed by atoms with Gasteiger partial charge in [0.05, 0.1) is 6.61 Å². The molecule has 0 radical (unpaired) electrons. The third kappa shape index (κ3) is 20.7. The Labute approximate surface area is 233 Å². The van der Waals surface area contributed by atoms with Crippen molar-refractivity contribution in [3.8, 4) is 0 Å². The highest BCUT2D eigenvalue weighted by Crippen LogP contribution is 2.36. The number of allylic oxidation sites excluding steroid dienone is 4. The van der Waals surface area contributed by atoms with Gasteiger partial charge in [-0.05, 0) is 90.1 Å². The summed E-state index contributed by atoms with van der Waals surface area (Å²) < 4.78 is 6.37. The first-order chi connectivity index (χ1) is 17.5. The van der Waals surface area contributed by atoms with Crippen LogP contribution in [0.4, 0.5) is 0 Å². The van der Waals surface area contributed by atoms with Crippen LogP contribution in [0.5, 0.6) is 0 Å². The molecule has 0 N–H and O–H groups in total. The van der Waals surface area contributed by atoms with Gasteiger partial charge in [0, 0.05) is 19.5 Å². The topological polar surface area (TPSA) is 32.8 Å². The summed E-state index contributed by atoms with van der Waals surface area (Å²) in [5.41, 5.74) is 0. The second kappa shape index (κ2) is 22.0. The average molecular weight is 537 g/mol. The molecule has 0 atom stereocenters. The molecule has 0 spiro atoms. The standard InChI is InChI=1S/C32H64N2O2Si/c1-9-10-11-12-13-14-15-16-17-18-19-20-21-22-23-26-31(35)34(28-25-24-27-33(5)6)29-30-36-37(7,8)32(2,3)4/h15-16,18-19H,9-14,17,20-30H2,1-8H3/b16-15-,19-18-. The van der Waals surface area contributed by atoms with Gasteiger partial charge in [0.25, 0.3) is 0 Å². The van der Waals surface area contributed by atoms with E-state index in [4.69, 9.17) is 4.43 Å². The number of hydrogen-bond acceptors (Lipinski definition) is 3. The maximum absolute atomic E-state index is 13.0. The van der Waals surface area contributed by atoms with Crippen molar-refractivity contribution in [3.63, 3.8) is 0 Å². The quantitative estimate of drug-likeness (QED) is 0.0742. The Balaban J connectivity index is 4.21. The number of nitrogens with zero attached hydrogens (tertiary/aromatic N) is 2. The van der Waals surface area contributed by atoms with Crippen molar-refractivity contribution in [1.29, 1.82) is 0 Å². The van der Waals surface area contributed by atoms with E-state index in [0.717, 1.165) is 58.2 Å². The summed E-state index contributed by atoms with van der Waals surface area (Å²) >= 11 is 0. The fraction of sp³-hybridized carbons (Fsp3) is 0.844. The molecule has 0 fully saturated rings. The zero-order valence-corrected chi connectivity index (χ0v) is 27.2. The van der Waals surface area contributed by atoms with Gasteiger partial charge in [0.15, 0.2) is 8.32 Å². The molecule has 0 rings (SSSR count). The molecule has 0 aromatic rings. The molecular weight excluding hydrogens is 472 g/mol. The lowest BCUT2D eigenvalue weighted by Gasteiger charge is -2.37. The summed E-state index contributed by atoms with van der Waals surface area (Å²) in [5, 5.41) is 0.201. The molecule has 0 aliphatic carbocycles. The van der Waals surface area contributed by atoms with Gasteiger partial charge in [-0.3, -0.25) is 4.79 Å². The van der Waals surface area contributed by atoms with Crippen LogP contribution < -0.4 is 0 Å². The smallest absolute Gasteiger partial charge is 0.222 e. The average Bonchev–Trinajstić information content (AvgIpc) is 2.82. The number of amides is 1. The lowest BCUT2D eigenvalue weighted by Crippen LogP contribution is -2.43. The minimum atomic E-state index is -1.78. The second-order valence-corrected chi connectivity index (χ2v) is 17.3. The van der Waals surface area contributed by atoms with Gasteiger partial charge < -0.3 is 14.2 Å². The highest BCUT2D eigenvalue weighted by molar-refractivity contribution is 6.74. The summed E-state index contributed by atoms with van der Waals surface area (Å²) in [7, 11) is 2.44. The summed E-state index contributed by atoms with van der Waals surface area (Å²) in [5.74, 6) is 0.305. The lowest BCUT2D eigenvalue weighted by molar-refractivity contribution is -0.131. The first-order valence-electron chi connectivity index (χ1n) is 15.4. The normalized spacial score (nSPS) is 12.9. The zero-order valence-electron chi connectivity index (χ0n) is 26.2. The second-order valence-electron chi connectivity index (χ2n) is 12.5. The third-order valence-corrected chi connectivity index (χ3v) is 12.1. The number of unbranched alkanes of at least 4 members (excludes halogenated alkanes) is 9. The van der Waals surface area contributed by atoms with Crippen LogP contribution in [-0.2, 0) is 9.22 Å². The monoisotopic (exact) mass is 536 g/mol. The predicted molar refractivity (Wildman–Crippen MR) is 167 cm³/mol. The van der Waals surface area contributed by atoms with E-state index < -0.39 is 8.32 Å². The van der Waals surface area contributed by atoms with Gasteiger partial charge in [-0.15, -0.1) is 0 Å². The van der Waals surface area contributed by atoms with Crippen LogP contribution in [0.25, 0.3) is 0 Å². The van der Waals surface area contributed by atoms with Crippen molar-refractivity contribution in [2.45, 2.75) is 136 Å². The molecule has 0 aromatic heterocycles. The summed E-state index contributed by atoms with van der Waals surface area (Å²) in [6.07, 6.45) is 25.5. The van der Waals surface area contributed by atoms with Crippen molar-refractivity contribution >= 4 is 14.2 Å². The third-order valence-electron chi connectivity index (χ3n) is 7.61. The highest BCUT2D eigenvalue weighted by atomic mass is 28.4. The molecule has 0 aromatic carbocycles. The van der Waals surface area contributed by atoms with Crippen LogP contribution in [0.15, 0.2) is 24.3 Å². The zero-order chi connectivity index (χ0) is 28.0. The molecule has 218 valence electrons. The van der Waals surface area contributed by atoms with Gasteiger partial charge in [-0.1, -0.05) is 84.1 Å². The highest BCUT2D eigenvalue weighted by Gasteiger charge is 2.37. The summed E-state index contributed by atoms with van der Waals surface area (Å²) in [6, 6.07) is 0. The van der Waals surface area contributed by atoms with E-state index in [1.54, 1.807) is 0 Å². The van der Waals surface area contributed by atoms with Gasteiger partial charge in [0.2, 0.25) is 5.91 Å². The molecule has 0 saturated heterocycles. The fourth-order valence-electron chi connectivity index (χ4n) is 3.97. The molecule has 5 heteroatoms. The molecule has 0 aliphatic rings. The van der Waals surface area contributed by atoms with Crippen LogP contribution in [0.3, 0.4) is 0 Å². The van der Waals surface area contributed by atoms with Crippen molar-refractivity contribution < 1.29 is 9.22 Å². The van der Waals surface area contributed by atoms with Crippen LogP contribution in [0, 0.1) is 0 Å². The van der Waals surface area contributed by atoms with E-state index in [-0.39, 0.29) is 5.04 Å². The molecule has 1 amide bonds. The Hall–Kier alpha value is -0.913. The largest absolute Gasteiger partial charge is 0.415 e. The fourth-order valence-corrected chi connectivity index (χ4v) is 5.00.